The van der Waals surface area contributed by atoms with Gasteiger partial charge in [0.25, 0.3) is 11.7 Å². The molecule has 2 aliphatic heterocycles. The number of aliphatic imine (C=N–C) groups is 2. The summed E-state index contributed by atoms with van der Waals surface area (Å²) in [5.41, 5.74) is 3.86. The number of aromatic nitrogens is 1. The van der Waals surface area contributed by atoms with Crippen molar-refractivity contribution < 1.29 is 9.12 Å². The highest BCUT2D eigenvalue weighted by atomic mass is 16.3. The summed E-state index contributed by atoms with van der Waals surface area (Å²) in [6.45, 7) is 1.43. The normalized spacial score (nSPS) is 19.8. The zero-order valence-corrected chi connectivity index (χ0v) is 16.1. The molecule has 0 spiro atoms. The Labute approximate surface area is 173 Å². The van der Waals surface area contributed by atoms with Crippen LogP contribution >= 0.6 is 0 Å². The van der Waals surface area contributed by atoms with E-state index >= 15 is 0 Å². The summed E-state index contributed by atoms with van der Waals surface area (Å²) in [4.78, 5) is 13.3. The molecule has 148 valence electrons. The molecule has 3 N–H and O–H groups in total. The van der Waals surface area contributed by atoms with Crippen LogP contribution in [-0.4, -0.2) is 27.6 Å². The molecular formula is C22H20N7O+. The van der Waals surface area contributed by atoms with Gasteiger partial charge in [-0.05, 0) is 45.7 Å². The van der Waals surface area contributed by atoms with Gasteiger partial charge in [0.05, 0.1) is 12.0 Å². The van der Waals surface area contributed by atoms with Crippen LogP contribution in [0.1, 0.15) is 22.6 Å². The van der Waals surface area contributed by atoms with Crippen LogP contribution < -0.4 is 11.2 Å². The quantitative estimate of drug-likeness (QED) is 0.492. The van der Waals surface area contributed by atoms with Gasteiger partial charge < -0.3 is 9.73 Å². The number of amidine groups is 2. The van der Waals surface area contributed by atoms with Crippen molar-refractivity contribution in [3.63, 3.8) is 0 Å². The van der Waals surface area contributed by atoms with E-state index in [1.165, 1.54) is 0 Å². The molecule has 1 aromatic carbocycles. The number of pyridine rings is 1. The number of fused-ring (bicyclic) bond motifs is 1. The number of hydrogen-bond acceptors (Lipinski definition) is 7. The third-order valence-corrected chi connectivity index (χ3v) is 4.81. The van der Waals surface area contributed by atoms with Gasteiger partial charge in [-0.15, -0.1) is 5.84 Å². The van der Waals surface area contributed by atoms with Crippen LogP contribution in [0.3, 0.4) is 0 Å². The van der Waals surface area contributed by atoms with Crippen LogP contribution in [0.4, 0.5) is 0 Å². The molecule has 1 atom stereocenters. The molecule has 0 amide bonds. The van der Waals surface area contributed by atoms with Crippen LogP contribution in [0, 0.1) is 0 Å². The fraction of sp³-hybridized carbons (Fsp3) is 0.0909. The first-order valence-corrected chi connectivity index (χ1v) is 9.57. The van der Waals surface area contributed by atoms with Crippen LogP contribution in [0.2, 0.25) is 0 Å². The third-order valence-electron chi connectivity index (χ3n) is 4.81. The smallest absolute Gasteiger partial charge is 0.300 e. The van der Waals surface area contributed by atoms with Crippen molar-refractivity contribution in [3.8, 4) is 0 Å². The predicted octanol–water partition coefficient (Wildman–Crippen LogP) is 2.81. The van der Waals surface area contributed by atoms with Gasteiger partial charge in [-0.2, -0.15) is 4.99 Å². The predicted molar refractivity (Wildman–Crippen MR) is 115 cm³/mol. The number of rotatable bonds is 6. The van der Waals surface area contributed by atoms with Gasteiger partial charge in [0.15, 0.2) is 12.0 Å². The average Bonchev–Trinajstić information content (AvgIpc) is 3.41. The monoisotopic (exact) mass is 398 g/mol. The summed E-state index contributed by atoms with van der Waals surface area (Å²) in [5, 5.41) is 7.93. The van der Waals surface area contributed by atoms with Crippen molar-refractivity contribution >= 4 is 23.6 Å². The van der Waals surface area contributed by atoms with Gasteiger partial charge in [-0.3, -0.25) is 4.98 Å². The number of benzene rings is 1. The first kappa shape index (κ1) is 18.3. The molecule has 0 bridgehead atoms. The van der Waals surface area contributed by atoms with Gasteiger partial charge in [0.1, 0.15) is 11.9 Å². The SMILES string of the molecule is N[N+]12C=C(c3cccc(CNCc4ccccn4)c3)N=CC1=NC(c1ccco1)=N2. The standard InChI is InChI=1S/C22H20N7O/c23-29-15-19(26-14-21(29)27-22(28-29)20-8-4-10-30-20)17-6-3-5-16(11-17)12-24-13-18-7-1-2-9-25-18/h1-11,14-15,24H,12-13,23H2/q+1. The molecule has 8 nitrogen and oxygen atoms in total. The molecule has 3 aromatic rings. The highest BCUT2D eigenvalue weighted by Crippen LogP contribution is 2.26. The Bertz CT molecular complexity index is 1180. The minimum Gasteiger partial charge on any atom is -0.461 e. The van der Waals surface area contributed by atoms with Crippen molar-refractivity contribution in [2.24, 2.45) is 20.9 Å². The van der Waals surface area contributed by atoms with Crippen LogP contribution in [-0.2, 0) is 13.1 Å². The Morgan fingerprint density at radius 2 is 2.00 bits per heavy atom. The third kappa shape index (κ3) is 3.62. The van der Waals surface area contributed by atoms with E-state index in [1.54, 1.807) is 37.0 Å². The first-order valence-electron chi connectivity index (χ1n) is 9.57. The van der Waals surface area contributed by atoms with Gasteiger partial charge >= 0.3 is 0 Å². The van der Waals surface area contributed by atoms with Crippen molar-refractivity contribution in [2.45, 2.75) is 13.1 Å². The van der Waals surface area contributed by atoms with Crippen molar-refractivity contribution in [2.75, 3.05) is 0 Å². The Morgan fingerprint density at radius 3 is 2.83 bits per heavy atom. The summed E-state index contributed by atoms with van der Waals surface area (Å²) in [6, 6.07) is 17.7. The molecule has 2 aromatic heterocycles. The topological polar surface area (TPSA) is 101 Å². The maximum atomic E-state index is 6.46. The van der Waals surface area contributed by atoms with E-state index < -0.39 is 0 Å². The van der Waals surface area contributed by atoms with Crippen LogP contribution in [0.5, 0.6) is 0 Å². The molecule has 1 unspecified atom stereocenters. The average molecular weight is 398 g/mol. The summed E-state index contributed by atoms with van der Waals surface area (Å²) in [7, 11) is 0. The lowest BCUT2D eigenvalue weighted by molar-refractivity contribution is -0.802. The minimum absolute atomic E-state index is 0.281. The molecule has 8 heteroatoms. The summed E-state index contributed by atoms with van der Waals surface area (Å²) < 4.78 is 5.10. The van der Waals surface area contributed by atoms with E-state index in [-0.39, 0.29) is 4.70 Å². The number of nitrogens with zero attached hydrogens (tertiary/aromatic N) is 5. The Kier molecular flexibility index (Phi) is 4.64. The van der Waals surface area contributed by atoms with E-state index in [1.807, 2.05) is 30.3 Å². The molecular weight excluding hydrogens is 378 g/mol. The molecule has 0 saturated heterocycles. The molecule has 0 fully saturated rings. The zero-order valence-electron chi connectivity index (χ0n) is 16.1. The highest BCUT2D eigenvalue weighted by Gasteiger charge is 2.40. The molecule has 2 aliphatic rings. The van der Waals surface area contributed by atoms with E-state index in [0.29, 0.717) is 24.0 Å². The summed E-state index contributed by atoms with van der Waals surface area (Å²) in [6.07, 6.45) is 6.82. The van der Waals surface area contributed by atoms with Gasteiger partial charge in [-0.25, -0.2) is 4.99 Å². The van der Waals surface area contributed by atoms with E-state index in [2.05, 4.69) is 37.5 Å². The number of furan rings is 1. The van der Waals surface area contributed by atoms with Crippen LogP contribution in [0.25, 0.3) is 5.70 Å². The lowest BCUT2D eigenvalue weighted by atomic mass is 10.1. The molecule has 4 heterocycles. The second kappa shape index (κ2) is 7.60. The van der Waals surface area contributed by atoms with E-state index in [9.17, 15) is 0 Å². The Morgan fingerprint density at radius 1 is 1.03 bits per heavy atom. The molecule has 30 heavy (non-hydrogen) atoms. The maximum absolute atomic E-state index is 6.46. The minimum atomic E-state index is -0.281. The fourth-order valence-electron chi connectivity index (χ4n) is 3.32. The van der Waals surface area contributed by atoms with Crippen molar-refractivity contribution in [1.29, 1.82) is 0 Å². The molecule has 0 radical (unpaired) electrons. The largest absolute Gasteiger partial charge is 0.461 e. The van der Waals surface area contributed by atoms with Gasteiger partial charge in [0, 0.05) is 24.8 Å². The van der Waals surface area contributed by atoms with Crippen molar-refractivity contribution in [1.82, 2.24) is 10.3 Å². The number of nitrogens with one attached hydrogen (secondary N) is 1. The summed E-state index contributed by atoms with van der Waals surface area (Å²) >= 11 is 0. The molecule has 0 saturated carbocycles. The number of nitrogens with two attached hydrogens (primary N) is 1. The van der Waals surface area contributed by atoms with Gasteiger partial charge in [-0.1, -0.05) is 24.3 Å². The fourth-order valence-corrected chi connectivity index (χ4v) is 3.32. The zero-order chi connectivity index (χ0) is 20.4. The molecule has 0 aliphatic carbocycles. The number of quaternary nitrogens is 1. The Balaban J connectivity index is 1.33. The van der Waals surface area contributed by atoms with E-state index in [4.69, 9.17) is 10.3 Å². The lowest BCUT2D eigenvalue weighted by Gasteiger charge is -2.20. The lowest BCUT2D eigenvalue weighted by Crippen LogP contribution is -2.50. The van der Waals surface area contributed by atoms with Gasteiger partial charge in [0.2, 0.25) is 0 Å². The van der Waals surface area contributed by atoms with Crippen molar-refractivity contribution in [3.05, 3.63) is 95.8 Å². The first-order chi connectivity index (χ1) is 14.7. The highest BCUT2D eigenvalue weighted by molar-refractivity contribution is 6.32. The second-order valence-electron chi connectivity index (χ2n) is 7.01. The second-order valence-corrected chi connectivity index (χ2v) is 7.01. The molecule has 5 rings (SSSR count). The van der Waals surface area contributed by atoms with E-state index in [0.717, 1.165) is 29.1 Å². The van der Waals surface area contributed by atoms with Crippen LogP contribution in [0.15, 0.2) is 92.8 Å². The number of hydrogen-bond donors (Lipinski definition) is 2. The summed E-state index contributed by atoms with van der Waals surface area (Å²) in [5.74, 6) is 8.03. The maximum Gasteiger partial charge on any atom is 0.300 e. The Hall–Kier alpha value is -3.72.